The van der Waals surface area contributed by atoms with E-state index < -0.39 is 15.8 Å². The van der Waals surface area contributed by atoms with Crippen LogP contribution in [0.15, 0.2) is 23.1 Å². The molecule has 1 fully saturated rings. The third-order valence-corrected chi connectivity index (χ3v) is 5.27. The van der Waals surface area contributed by atoms with E-state index in [4.69, 9.17) is 0 Å². The first kappa shape index (κ1) is 17.4. The minimum absolute atomic E-state index is 0. The Bertz CT molecular complexity index is 570. The molecule has 114 valence electrons. The van der Waals surface area contributed by atoms with Crippen LogP contribution in [0.3, 0.4) is 0 Å². The maximum Gasteiger partial charge on any atom is 0.243 e. The molecule has 0 bridgehead atoms. The standard InChI is InChI=1S/C13H19FN2O2S.ClH/c1-9-4-5-12(14)6-13(9)19(17,18)16-7-10(2)15-11(3)8-16;/h4-6,10-11,15H,7-8H2,1-3H3;1H. The molecule has 0 aliphatic carbocycles. The Labute approximate surface area is 125 Å². The summed E-state index contributed by atoms with van der Waals surface area (Å²) in [6.07, 6.45) is 0. The number of hydrogen-bond donors (Lipinski definition) is 1. The normalized spacial score (nSPS) is 24.2. The molecular formula is C13H20ClFN2O2S. The quantitative estimate of drug-likeness (QED) is 0.905. The highest BCUT2D eigenvalue weighted by molar-refractivity contribution is 7.89. The maximum absolute atomic E-state index is 13.3. The second-order valence-electron chi connectivity index (χ2n) is 5.20. The third kappa shape index (κ3) is 3.49. The van der Waals surface area contributed by atoms with Crippen LogP contribution in [0, 0.1) is 12.7 Å². The molecule has 1 heterocycles. The van der Waals surface area contributed by atoms with E-state index in [2.05, 4.69) is 5.32 Å². The average Bonchev–Trinajstić information content (AvgIpc) is 2.31. The first-order valence-corrected chi connectivity index (χ1v) is 7.77. The van der Waals surface area contributed by atoms with Gasteiger partial charge in [-0.3, -0.25) is 0 Å². The summed E-state index contributed by atoms with van der Waals surface area (Å²) >= 11 is 0. The van der Waals surface area contributed by atoms with Crippen molar-refractivity contribution in [2.75, 3.05) is 13.1 Å². The zero-order valence-corrected chi connectivity index (χ0v) is 13.4. The number of rotatable bonds is 2. The number of aryl methyl sites for hydroxylation is 1. The van der Waals surface area contributed by atoms with E-state index in [9.17, 15) is 12.8 Å². The zero-order valence-electron chi connectivity index (χ0n) is 11.8. The average molecular weight is 323 g/mol. The molecule has 2 rings (SSSR count). The predicted octanol–water partition coefficient (Wildman–Crippen LogP) is 1.93. The molecule has 2 unspecified atom stereocenters. The Morgan fingerprint density at radius 3 is 2.35 bits per heavy atom. The molecule has 7 heteroatoms. The second-order valence-corrected chi connectivity index (χ2v) is 7.11. The van der Waals surface area contributed by atoms with Crippen molar-refractivity contribution in [2.45, 2.75) is 37.8 Å². The molecule has 1 saturated heterocycles. The van der Waals surface area contributed by atoms with Crippen molar-refractivity contribution in [2.24, 2.45) is 0 Å². The molecule has 1 N–H and O–H groups in total. The van der Waals surface area contributed by atoms with Crippen molar-refractivity contribution < 1.29 is 12.8 Å². The summed E-state index contributed by atoms with van der Waals surface area (Å²) < 4.78 is 39.9. The number of hydrogen-bond acceptors (Lipinski definition) is 3. The number of nitrogens with zero attached hydrogens (tertiary/aromatic N) is 1. The molecule has 1 aliphatic rings. The van der Waals surface area contributed by atoms with Crippen molar-refractivity contribution in [3.05, 3.63) is 29.6 Å². The summed E-state index contributed by atoms with van der Waals surface area (Å²) in [4.78, 5) is 0.0637. The molecule has 0 radical (unpaired) electrons. The summed E-state index contributed by atoms with van der Waals surface area (Å²) in [6, 6.07) is 4.05. The Balaban J connectivity index is 0.00000200. The smallest absolute Gasteiger partial charge is 0.243 e. The van der Waals surface area contributed by atoms with E-state index in [0.29, 0.717) is 18.7 Å². The van der Waals surface area contributed by atoms with Crippen LogP contribution in [0.1, 0.15) is 19.4 Å². The van der Waals surface area contributed by atoms with E-state index in [0.717, 1.165) is 6.07 Å². The fourth-order valence-corrected chi connectivity index (χ4v) is 4.32. The summed E-state index contributed by atoms with van der Waals surface area (Å²) in [5.74, 6) is -0.527. The summed E-state index contributed by atoms with van der Waals surface area (Å²) in [7, 11) is -3.63. The molecular weight excluding hydrogens is 303 g/mol. The van der Waals surface area contributed by atoms with E-state index in [1.165, 1.54) is 16.4 Å². The lowest BCUT2D eigenvalue weighted by Gasteiger charge is -2.35. The monoisotopic (exact) mass is 322 g/mol. The molecule has 2 atom stereocenters. The lowest BCUT2D eigenvalue weighted by atomic mass is 10.2. The van der Waals surface area contributed by atoms with Crippen molar-refractivity contribution in [1.82, 2.24) is 9.62 Å². The molecule has 1 aliphatic heterocycles. The van der Waals surface area contributed by atoms with Gasteiger partial charge in [0.25, 0.3) is 0 Å². The van der Waals surface area contributed by atoms with E-state index in [-0.39, 0.29) is 29.4 Å². The van der Waals surface area contributed by atoms with Crippen LogP contribution in [0.2, 0.25) is 0 Å². The first-order chi connectivity index (χ1) is 8.80. The van der Waals surface area contributed by atoms with E-state index >= 15 is 0 Å². The van der Waals surface area contributed by atoms with Gasteiger partial charge in [-0.25, -0.2) is 12.8 Å². The zero-order chi connectivity index (χ0) is 14.2. The topological polar surface area (TPSA) is 49.4 Å². The Kier molecular flexibility index (Phi) is 5.54. The molecule has 0 saturated carbocycles. The number of benzene rings is 1. The molecule has 0 spiro atoms. The number of sulfonamides is 1. The van der Waals surface area contributed by atoms with Gasteiger partial charge in [0.1, 0.15) is 5.82 Å². The molecule has 20 heavy (non-hydrogen) atoms. The Hall–Kier alpha value is -0.690. The largest absolute Gasteiger partial charge is 0.309 e. The van der Waals surface area contributed by atoms with Gasteiger partial charge in [-0.1, -0.05) is 6.07 Å². The van der Waals surface area contributed by atoms with Gasteiger partial charge in [-0.05, 0) is 38.5 Å². The molecule has 0 aromatic heterocycles. The van der Waals surface area contributed by atoms with Gasteiger partial charge < -0.3 is 5.32 Å². The lowest BCUT2D eigenvalue weighted by molar-refractivity contribution is 0.263. The van der Waals surface area contributed by atoms with Crippen molar-refractivity contribution in [1.29, 1.82) is 0 Å². The lowest BCUT2D eigenvalue weighted by Crippen LogP contribution is -2.55. The molecule has 4 nitrogen and oxygen atoms in total. The highest BCUT2D eigenvalue weighted by atomic mass is 35.5. The van der Waals surface area contributed by atoms with Crippen LogP contribution >= 0.6 is 12.4 Å². The van der Waals surface area contributed by atoms with Crippen LogP contribution in [-0.4, -0.2) is 37.9 Å². The van der Waals surface area contributed by atoms with Gasteiger partial charge in [0.15, 0.2) is 0 Å². The Morgan fingerprint density at radius 1 is 1.25 bits per heavy atom. The van der Waals surface area contributed by atoms with Gasteiger partial charge in [0.2, 0.25) is 10.0 Å². The minimum atomic E-state index is -3.63. The highest BCUT2D eigenvalue weighted by Crippen LogP contribution is 2.22. The Morgan fingerprint density at radius 2 is 1.80 bits per heavy atom. The van der Waals surface area contributed by atoms with Crippen LogP contribution in [0.25, 0.3) is 0 Å². The summed E-state index contributed by atoms with van der Waals surface area (Å²) in [6.45, 7) is 6.37. The SMILES string of the molecule is Cc1ccc(F)cc1S(=O)(=O)N1CC(C)NC(C)C1.Cl. The first-order valence-electron chi connectivity index (χ1n) is 6.33. The van der Waals surface area contributed by atoms with Gasteiger partial charge in [0.05, 0.1) is 4.90 Å². The summed E-state index contributed by atoms with van der Waals surface area (Å²) in [5.41, 5.74) is 0.570. The summed E-state index contributed by atoms with van der Waals surface area (Å²) in [5, 5.41) is 3.28. The van der Waals surface area contributed by atoms with Crippen LogP contribution in [0.4, 0.5) is 4.39 Å². The fraction of sp³-hybridized carbons (Fsp3) is 0.538. The van der Waals surface area contributed by atoms with Crippen LogP contribution < -0.4 is 5.32 Å². The number of piperazine rings is 1. The molecule has 1 aromatic carbocycles. The van der Waals surface area contributed by atoms with E-state index in [1.807, 2.05) is 13.8 Å². The fourth-order valence-electron chi connectivity index (χ4n) is 2.46. The van der Waals surface area contributed by atoms with Gasteiger partial charge >= 0.3 is 0 Å². The maximum atomic E-state index is 13.3. The van der Waals surface area contributed by atoms with E-state index in [1.54, 1.807) is 6.92 Å². The van der Waals surface area contributed by atoms with Crippen LogP contribution in [0.5, 0.6) is 0 Å². The van der Waals surface area contributed by atoms with Crippen molar-refractivity contribution >= 4 is 22.4 Å². The van der Waals surface area contributed by atoms with Gasteiger partial charge in [-0.15, -0.1) is 12.4 Å². The van der Waals surface area contributed by atoms with Crippen LogP contribution in [-0.2, 0) is 10.0 Å². The van der Waals surface area contributed by atoms with Gasteiger partial charge in [-0.2, -0.15) is 4.31 Å². The number of halogens is 2. The van der Waals surface area contributed by atoms with Gasteiger partial charge in [0, 0.05) is 25.2 Å². The minimum Gasteiger partial charge on any atom is -0.309 e. The molecule has 0 amide bonds. The van der Waals surface area contributed by atoms with Crippen molar-refractivity contribution in [3.63, 3.8) is 0 Å². The number of nitrogens with one attached hydrogen (secondary N) is 1. The highest BCUT2D eigenvalue weighted by Gasteiger charge is 2.32. The van der Waals surface area contributed by atoms with Crippen molar-refractivity contribution in [3.8, 4) is 0 Å². The molecule has 1 aromatic rings. The third-order valence-electron chi connectivity index (χ3n) is 3.29. The predicted molar refractivity (Wildman–Crippen MR) is 79.2 cm³/mol. The second kappa shape index (κ2) is 6.39.